The molecule has 210 valence electrons. The third-order valence-electron chi connectivity index (χ3n) is 7.25. The van der Waals surface area contributed by atoms with E-state index in [2.05, 4.69) is 25.8 Å². The van der Waals surface area contributed by atoms with E-state index in [0.29, 0.717) is 41.2 Å². The van der Waals surface area contributed by atoms with Crippen LogP contribution in [0.15, 0.2) is 107 Å². The fourth-order valence-corrected chi connectivity index (χ4v) is 5.35. The number of benzene rings is 3. The highest BCUT2D eigenvalue weighted by molar-refractivity contribution is 6.23. The van der Waals surface area contributed by atoms with Gasteiger partial charge in [0.15, 0.2) is 0 Å². The number of nitrogens with zero attached hydrogens (tertiary/aromatic N) is 5. The molecule has 10 heteroatoms. The molecular weight excluding hydrogens is 542 g/mol. The molecule has 10 nitrogen and oxygen atoms in total. The highest BCUT2D eigenvalue weighted by Crippen LogP contribution is 2.40. The normalized spacial score (nSPS) is 12.8. The minimum Gasteiger partial charge on any atom is -0.399 e. The molecular formula is C33H25N7O3. The predicted molar refractivity (Wildman–Crippen MR) is 162 cm³/mol. The number of anilines is 1. The maximum atomic E-state index is 14.4. The lowest BCUT2D eigenvalue weighted by atomic mass is 9.92. The topological polar surface area (TPSA) is 128 Å². The van der Waals surface area contributed by atoms with Crippen molar-refractivity contribution in [2.45, 2.75) is 13.3 Å². The summed E-state index contributed by atoms with van der Waals surface area (Å²) in [6.07, 6.45) is 2.03. The molecule has 0 aliphatic carbocycles. The van der Waals surface area contributed by atoms with Crippen molar-refractivity contribution >= 4 is 34.3 Å². The molecule has 1 amide bonds. The third kappa shape index (κ3) is 4.74. The molecule has 2 N–H and O–H groups in total. The summed E-state index contributed by atoms with van der Waals surface area (Å²) in [6, 6.07) is 29.2. The Morgan fingerprint density at radius 3 is 2.44 bits per heavy atom. The maximum absolute atomic E-state index is 14.4. The van der Waals surface area contributed by atoms with Gasteiger partial charge in [-0.1, -0.05) is 77.9 Å². The molecule has 3 aromatic heterocycles. The monoisotopic (exact) mass is 567 g/mol. The maximum Gasteiger partial charge on any atom is 0.320 e. The van der Waals surface area contributed by atoms with Crippen molar-refractivity contribution in [2.75, 3.05) is 11.9 Å². The Labute approximate surface area is 246 Å². The number of pyridine rings is 1. The first kappa shape index (κ1) is 26.0. The van der Waals surface area contributed by atoms with Gasteiger partial charge in [0.1, 0.15) is 5.69 Å². The molecule has 7 rings (SSSR count). The molecule has 0 saturated heterocycles. The number of fused-ring (bicyclic) bond motifs is 2. The second-order valence-corrected chi connectivity index (χ2v) is 9.96. The minimum absolute atomic E-state index is 0.00141. The van der Waals surface area contributed by atoms with Crippen molar-refractivity contribution < 1.29 is 14.0 Å². The number of hydrogen-bond acceptors (Lipinski definition) is 8. The van der Waals surface area contributed by atoms with E-state index in [0.717, 1.165) is 27.6 Å². The second kappa shape index (κ2) is 10.8. The molecule has 43 heavy (non-hydrogen) atoms. The SMILES string of the molecule is CCNC(=O)c1nnc(NC2=C(c3ccc4ncccc4c3)C(=O)n3nc(-c4ccccc4)c(-c4ccccc4)c3C2)o1. The first-order valence-electron chi connectivity index (χ1n) is 13.8. The van der Waals surface area contributed by atoms with Crippen molar-refractivity contribution in [1.29, 1.82) is 0 Å². The Morgan fingerprint density at radius 1 is 0.907 bits per heavy atom. The summed E-state index contributed by atoms with van der Waals surface area (Å²) < 4.78 is 7.14. The number of allylic oxidation sites excluding steroid dienone is 2. The van der Waals surface area contributed by atoms with Crippen LogP contribution in [0.4, 0.5) is 6.01 Å². The molecule has 0 radical (unpaired) electrons. The van der Waals surface area contributed by atoms with Crippen molar-refractivity contribution in [1.82, 2.24) is 30.3 Å². The largest absolute Gasteiger partial charge is 0.399 e. The summed E-state index contributed by atoms with van der Waals surface area (Å²) in [7, 11) is 0. The molecule has 0 spiro atoms. The van der Waals surface area contributed by atoms with E-state index < -0.39 is 5.91 Å². The first-order chi connectivity index (χ1) is 21.1. The molecule has 0 bridgehead atoms. The van der Waals surface area contributed by atoms with Gasteiger partial charge in [-0.3, -0.25) is 14.6 Å². The number of nitrogens with one attached hydrogen (secondary N) is 2. The van der Waals surface area contributed by atoms with Crippen LogP contribution in [0, 0.1) is 0 Å². The average molecular weight is 568 g/mol. The lowest BCUT2D eigenvalue weighted by Gasteiger charge is -2.22. The quantitative estimate of drug-likeness (QED) is 0.255. The molecule has 6 aromatic rings. The molecule has 0 saturated carbocycles. The molecule has 1 aliphatic rings. The molecule has 0 atom stereocenters. The van der Waals surface area contributed by atoms with Crippen LogP contribution in [-0.4, -0.2) is 43.3 Å². The number of aromatic nitrogens is 5. The van der Waals surface area contributed by atoms with Crippen LogP contribution in [0.25, 0.3) is 38.9 Å². The fourth-order valence-electron chi connectivity index (χ4n) is 5.35. The van der Waals surface area contributed by atoms with Gasteiger partial charge in [0.25, 0.3) is 5.91 Å². The standard InChI is InChI=1S/C33H25N7O3/c1-2-34-30(41)31-37-38-33(43-31)36-25-19-26-28(20-10-5-3-6-11-20)29(21-12-7-4-8-13-21)39-40(26)32(42)27(25)23-15-16-24-22(18-23)14-9-17-35-24/h3-18H,2,19H2,1H3,(H,34,41)(H,36,38). The summed E-state index contributed by atoms with van der Waals surface area (Å²) >= 11 is 0. The van der Waals surface area contributed by atoms with Crippen LogP contribution >= 0.6 is 0 Å². The van der Waals surface area contributed by atoms with Crippen molar-refractivity contribution in [3.05, 3.63) is 120 Å². The van der Waals surface area contributed by atoms with Gasteiger partial charge in [0, 0.05) is 41.4 Å². The summed E-state index contributed by atoms with van der Waals surface area (Å²) in [5, 5.41) is 19.5. The van der Waals surface area contributed by atoms with Crippen molar-refractivity contribution in [2.24, 2.45) is 0 Å². The van der Waals surface area contributed by atoms with Gasteiger partial charge < -0.3 is 15.1 Å². The Hall–Kier alpha value is -5.90. The fraction of sp³-hybridized carbons (Fsp3) is 0.0909. The molecule has 0 fully saturated rings. The van der Waals surface area contributed by atoms with E-state index in [-0.39, 0.29) is 17.8 Å². The molecule has 1 aliphatic heterocycles. The number of hydrogen-bond donors (Lipinski definition) is 2. The number of carbonyl (C=O) groups excluding carboxylic acids is 2. The summed E-state index contributed by atoms with van der Waals surface area (Å²) in [6.45, 7) is 2.22. The van der Waals surface area contributed by atoms with Crippen LogP contribution in [0.1, 0.15) is 33.7 Å². The van der Waals surface area contributed by atoms with Gasteiger partial charge in [-0.2, -0.15) is 9.78 Å². The zero-order valence-corrected chi connectivity index (χ0v) is 23.1. The molecule has 0 unspecified atom stereocenters. The lowest BCUT2D eigenvalue weighted by Crippen LogP contribution is -2.26. The highest BCUT2D eigenvalue weighted by Gasteiger charge is 2.34. The Bertz CT molecular complexity index is 2030. The smallest absolute Gasteiger partial charge is 0.320 e. The first-order valence-corrected chi connectivity index (χ1v) is 13.8. The highest BCUT2D eigenvalue weighted by atomic mass is 16.4. The van der Waals surface area contributed by atoms with Crippen LogP contribution < -0.4 is 10.6 Å². The zero-order chi connectivity index (χ0) is 29.3. The van der Waals surface area contributed by atoms with E-state index >= 15 is 0 Å². The van der Waals surface area contributed by atoms with E-state index in [1.54, 1.807) is 13.1 Å². The zero-order valence-electron chi connectivity index (χ0n) is 23.1. The second-order valence-electron chi connectivity index (χ2n) is 9.96. The van der Waals surface area contributed by atoms with Crippen LogP contribution in [0.5, 0.6) is 0 Å². The molecule has 3 aromatic carbocycles. The van der Waals surface area contributed by atoms with Gasteiger partial charge in [-0.05, 0) is 36.2 Å². The van der Waals surface area contributed by atoms with E-state index in [9.17, 15) is 9.59 Å². The average Bonchev–Trinajstić information content (AvgIpc) is 3.67. The number of amides is 1. The predicted octanol–water partition coefficient (Wildman–Crippen LogP) is 5.62. The summed E-state index contributed by atoms with van der Waals surface area (Å²) in [4.78, 5) is 31.2. The Morgan fingerprint density at radius 2 is 1.67 bits per heavy atom. The Balaban J connectivity index is 1.41. The number of carbonyl (C=O) groups is 2. The van der Waals surface area contributed by atoms with Gasteiger partial charge in [-0.15, -0.1) is 5.10 Å². The van der Waals surface area contributed by atoms with Gasteiger partial charge in [-0.25, -0.2) is 0 Å². The van der Waals surface area contributed by atoms with Gasteiger partial charge in [0.2, 0.25) is 0 Å². The number of rotatable bonds is 7. The van der Waals surface area contributed by atoms with Crippen molar-refractivity contribution in [3.63, 3.8) is 0 Å². The Kier molecular flexibility index (Phi) is 6.55. The van der Waals surface area contributed by atoms with E-state index in [4.69, 9.17) is 9.52 Å². The third-order valence-corrected chi connectivity index (χ3v) is 7.25. The van der Waals surface area contributed by atoms with Gasteiger partial charge >= 0.3 is 17.8 Å². The van der Waals surface area contributed by atoms with Crippen molar-refractivity contribution in [3.8, 4) is 22.4 Å². The summed E-state index contributed by atoms with van der Waals surface area (Å²) in [5.74, 6) is -0.961. The minimum atomic E-state index is -0.476. The van der Waals surface area contributed by atoms with Gasteiger partial charge in [0.05, 0.1) is 16.8 Å². The van der Waals surface area contributed by atoms with Crippen LogP contribution in [-0.2, 0) is 6.42 Å². The summed E-state index contributed by atoms with van der Waals surface area (Å²) in [5.41, 5.74) is 6.54. The molecule has 4 heterocycles. The van der Waals surface area contributed by atoms with Crippen LogP contribution in [0.3, 0.4) is 0 Å². The van der Waals surface area contributed by atoms with Crippen LogP contribution in [0.2, 0.25) is 0 Å². The van der Waals surface area contributed by atoms with E-state index in [1.165, 1.54) is 4.68 Å². The lowest BCUT2D eigenvalue weighted by molar-refractivity contribution is 0.0920. The van der Waals surface area contributed by atoms with E-state index in [1.807, 2.05) is 91.0 Å².